The van der Waals surface area contributed by atoms with Crippen LogP contribution >= 0.6 is 0 Å². The Hall–Kier alpha value is -2.70. The van der Waals surface area contributed by atoms with Gasteiger partial charge in [-0.2, -0.15) is 5.10 Å². The van der Waals surface area contributed by atoms with Gasteiger partial charge in [-0.15, -0.1) is 0 Å². The summed E-state index contributed by atoms with van der Waals surface area (Å²) >= 11 is 0. The molecule has 0 aromatic carbocycles. The number of piperidine rings is 1. The summed E-state index contributed by atoms with van der Waals surface area (Å²) in [6.07, 6.45) is 15.1. The van der Waals surface area contributed by atoms with E-state index < -0.39 is 0 Å². The zero-order chi connectivity index (χ0) is 20.2. The van der Waals surface area contributed by atoms with Gasteiger partial charge in [-0.3, -0.25) is 14.7 Å². The van der Waals surface area contributed by atoms with Crippen molar-refractivity contribution in [3.63, 3.8) is 0 Å². The van der Waals surface area contributed by atoms with E-state index in [4.69, 9.17) is 0 Å². The number of allylic oxidation sites excluding steroid dienone is 4. The normalized spacial score (nSPS) is 24.9. The van der Waals surface area contributed by atoms with Gasteiger partial charge in [0, 0.05) is 26.2 Å². The van der Waals surface area contributed by atoms with Crippen LogP contribution < -0.4 is 0 Å². The Morgan fingerprint density at radius 2 is 1.76 bits per heavy atom. The molecular formula is C22H29N5O2. The van der Waals surface area contributed by atoms with Gasteiger partial charge in [0.05, 0.1) is 12.3 Å². The zero-order valence-electron chi connectivity index (χ0n) is 17.0. The van der Waals surface area contributed by atoms with Gasteiger partial charge in [0.25, 0.3) is 0 Å². The fraction of sp³-hybridized carbons (Fsp3) is 0.545. The van der Waals surface area contributed by atoms with Gasteiger partial charge in [-0.05, 0) is 38.0 Å². The minimum atomic E-state index is -0.169. The summed E-state index contributed by atoms with van der Waals surface area (Å²) in [6.45, 7) is 5.04. The predicted octanol–water partition coefficient (Wildman–Crippen LogP) is 2.04. The molecule has 2 aliphatic heterocycles. The van der Waals surface area contributed by atoms with Crippen LogP contribution in [-0.2, 0) is 16.0 Å². The fourth-order valence-electron chi connectivity index (χ4n) is 4.64. The lowest BCUT2D eigenvalue weighted by atomic mass is 9.84. The SMILES string of the molecule is Cc1nc(CC(=O)N2CCCC(C3CCN(C(=O)C4C=CC=CC=C4)C3)C2)n[nH]1. The summed E-state index contributed by atoms with van der Waals surface area (Å²) in [5.74, 6) is 2.34. The first-order chi connectivity index (χ1) is 14.1. The van der Waals surface area contributed by atoms with E-state index in [0.29, 0.717) is 17.7 Å². The van der Waals surface area contributed by atoms with Crippen molar-refractivity contribution in [1.82, 2.24) is 25.0 Å². The Morgan fingerprint density at radius 3 is 2.48 bits per heavy atom. The summed E-state index contributed by atoms with van der Waals surface area (Å²) in [7, 11) is 0. The van der Waals surface area contributed by atoms with Gasteiger partial charge >= 0.3 is 0 Å². The van der Waals surface area contributed by atoms with Crippen molar-refractivity contribution in [2.24, 2.45) is 17.8 Å². The van der Waals surface area contributed by atoms with Crippen molar-refractivity contribution < 1.29 is 9.59 Å². The predicted molar refractivity (Wildman–Crippen MR) is 110 cm³/mol. The van der Waals surface area contributed by atoms with Crippen LogP contribution in [0.1, 0.15) is 30.9 Å². The molecule has 2 unspecified atom stereocenters. The molecule has 2 amide bonds. The first-order valence-electron chi connectivity index (χ1n) is 10.6. The van der Waals surface area contributed by atoms with E-state index >= 15 is 0 Å². The number of hydrogen-bond donors (Lipinski definition) is 1. The lowest BCUT2D eigenvalue weighted by molar-refractivity contribution is -0.134. The van der Waals surface area contributed by atoms with Gasteiger partial charge in [-0.25, -0.2) is 4.98 Å². The third-order valence-electron chi connectivity index (χ3n) is 6.22. The summed E-state index contributed by atoms with van der Waals surface area (Å²) in [4.78, 5) is 33.8. The molecule has 0 spiro atoms. The van der Waals surface area contributed by atoms with E-state index in [2.05, 4.69) is 15.2 Å². The molecule has 0 bridgehead atoms. The minimum absolute atomic E-state index is 0.0980. The molecule has 29 heavy (non-hydrogen) atoms. The van der Waals surface area contributed by atoms with Crippen molar-refractivity contribution in [2.45, 2.75) is 32.6 Å². The standard InChI is InChI=1S/C22H29N5O2/c1-16-23-20(25-24-16)13-21(28)26-11-6-9-18(14-26)19-10-12-27(15-19)22(29)17-7-4-2-3-5-8-17/h2-5,7-8,17-19H,6,9-15H2,1H3,(H,23,24,25). The summed E-state index contributed by atoms with van der Waals surface area (Å²) in [6, 6.07) is 0. The average Bonchev–Trinajstić information content (AvgIpc) is 3.29. The Morgan fingerprint density at radius 1 is 1.03 bits per heavy atom. The molecule has 2 saturated heterocycles. The second-order valence-corrected chi connectivity index (χ2v) is 8.27. The van der Waals surface area contributed by atoms with Crippen LogP contribution in [0.5, 0.6) is 0 Å². The van der Waals surface area contributed by atoms with Crippen LogP contribution in [0.15, 0.2) is 36.5 Å². The maximum Gasteiger partial charge on any atom is 0.233 e. The molecular weight excluding hydrogens is 366 g/mol. The average molecular weight is 396 g/mol. The molecule has 1 aromatic rings. The quantitative estimate of drug-likeness (QED) is 0.846. The maximum absolute atomic E-state index is 12.9. The van der Waals surface area contributed by atoms with Crippen molar-refractivity contribution in [3.05, 3.63) is 48.1 Å². The molecule has 1 N–H and O–H groups in total. The molecule has 3 heterocycles. The van der Waals surface area contributed by atoms with Gasteiger partial charge in [0.15, 0.2) is 5.82 Å². The second kappa shape index (κ2) is 8.76. The van der Waals surface area contributed by atoms with Crippen LogP contribution in [0.25, 0.3) is 0 Å². The van der Waals surface area contributed by atoms with Gasteiger partial charge in [0.1, 0.15) is 5.82 Å². The van der Waals surface area contributed by atoms with E-state index in [1.54, 1.807) is 0 Å². The number of nitrogens with one attached hydrogen (secondary N) is 1. The third-order valence-corrected chi connectivity index (χ3v) is 6.22. The third kappa shape index (κ3) is 4.66. The zero-order valence-corrected chi connectivity index (χ0v) is 17.0. The van der Waals surface area contributed by atoms with Gasteiger partial charge in [-0.1, -0.05) is 36.5 Å². The van der Waals surface area contributed by atoms with E-state index in [-0.39, 0.29) is 24.2 Å². The number of likely N-dealkylation sites (tertiary alicyclic amines) is 2. The highest BCUT2D eigenvalue weighted by atomic mass is 16.2. The summed E-state index contributed by atoms with van der Waals surface area (Å²) in [5.41, 5.74) is 0. The number of rotatable bonds is 4. The largest absolute Gasteiger partial charge is 0.342 e. The van der Waals surface area contributed by atoms with E-state index in [0.717, 1.165) is 51.3 Å². The number of hydrogen-bond acceptors (Lipinski definition) is 4. The minimum Gasteiger partial charge on any atom is -0.342 e. The molecule has 1 aliphatic carbocycles. The first kappa shape index (κ1) is 19.6. The van der Waals surface area contributed by atoms with Crippen molar-refractivity contribution in [1.29, 1.82) is 0 Å². The molecule has 0 saturated carbocycles. The van der Waals surface area contributed by atoms with Crippen molar-refractivity contribution in [2.75, 3.05) is 26.2 Å². The molecule has 3 aliphatic rings. The van der Waals surface area contributed by atoms with Crippen LogP contribution in [0.4, 0.5) is 0 Å². The van der Waals surface area contributed by atoms with Crippen molar-refractivity contribution in [3.8, 4) is 0 Å². The number of amides is 2. The number of aromatic nitrogens is 3. The van der Waals surface area contributed by atoms with Gasteiger partial charge < -0.3 is 9.80 Å². The topological polar surface area (TPSA) is 82.2 Å². The summed E-state index contributed by atoms with van der Waals surface area (Å²) in [5, 5.41) is 6.88. The lowest BCUT2D eigenvalue weighted by Crippen LogP contribution is -2.43. The smallest absolute Gasteiger partial charge is 0.233 e. The highest BCUT2D eigenvalue weighted by Crippen LogP contribution is 2.32. The van der Waals surface area contributed by atoms with Crippen LogP contribution in [-0.4, -0.2) is 63.0 Å². The van der Waals surface area contributed by atoms with E-state index in [9.17, 15) is 9.59 Å². The Bertz CT molecular complexity index is 824. The van der Waals surface area contributed by atoms with Crippen molar-refractivity contribution >= 4 is 11.8 Å². The molecule has 154 valence electrons. The van der Waals surface area contributed by atoms with Gasteiger partial charge in [0.2, 0.25) is 11.8 Å². The lowest BCUT2D eigenvalue weighted by Gasteiger charge is -2.35. The van der Waals surface area contributed by atoms with E-state index in [1.165, 1.54) is 0 Å². The molecule has 7 nitrogen and oxygen atoms in total. The Labute approximate surface area is 171 Å². The highest BCUT2D eigenvalue weighted by Gasteiger charge is 2.36. The van der Waals surface area contributed by atoms with Crippen LogP contribution in [0.3, 0.4) is 0 Å². The number of carbonyl (C=O) groups excluding carboxylic acids is 2. The Kier molecular flexibility index (Phi) is 5.92. The number of H-pyrrole nitrogens is 1. The fourth-order valence-corrected chi connectivity index (χ4v) is 4.64. The Balaban J connectivity index is 1.32. The number of carbonyl (C=O) groups is 2. The number of nitrogens with zero attached hydrogens (tertiary/aromatic N) is 4. The molecule has 7 heteroatoms. The second-order valence-electron chi connectivity index (χ2n) is 8.27. The molecule has 2 atom stereocenters. The van der Waals surface area contributed by atoms with E-state index in [1.807, 2.05) is 53.2 Å². The number of aryl methyl sites for hydroxylation is 1. The van der Waals surface area contributed by atoms with Crippen LogP contribution in [0, 0.1) is 24.7 Å². The maximum atomic E-state index is 12.9. The monoisotopic (exact) mass is 395 g/mol. The molecule has 0 radical (unpaired) electrons. The summed E-state index contributed by atoms with van der Waals surface area (Å²) < 4.78 is 0. The molecule has 4 rings (SSSR count). The highest BCUT2D eigenvalue weighted by molar-refractivity contribution is 5.83. The first-order valence-corrected chi connectivity index (χ1v) is 10.6. The number of aromatic amines is 1. The molecule has 1 aromatic heterocycles. The molecule has 2 fully saturated rings. The van der Waals surface area contributed by atoms with Crippen LogP contribution in [0.2, 0.25) is 0 Å².